The smallest absolute Gasteiger partial charge is 0.310 e. The van der Waals surface area contributed by atoms with Crippen LogP contribution in [0.5, 0.6) is 0 Å². The van der Waals surface area contributed by atoms with Gasteiger partial charge in [0.15, 0.2) is 0 Å². The molecule has 0 N–H and O–H groups in total. The largest absolute Gasteiger partial charge is 0.465 e. The Labute approximate surface area is 223 Å². The van der Waals surface area contributed by atoms with Crippen LogP contribution >= 0.6 is 0 Å². The fourth-order valence-corrected chi connectivity index (χ4v) is 5.07. The van der Waals surface area contributed by atoms with E-state index in [4.69, 9.17) is 9.47 Å². The van der Waals surface area contributed by atoms with Gasteiger partial charge >= 0.3 is 11.9 Å². The first-order valence-electron chi connectivity index (χ1n) is 15.7. The van der Waals surface area contributed by atoms with Crippen LogP contribution in [0, 0.1) is 11.8 Å². The summed E-state index contributed by atoms with van der Waals surface area (Å²) in [4.78, 5) is 25.3. The van der Waals surface area contributed by atoms with Crippen LogP contribution in [0.1, 0.15) is 155 Å². The summed E-state index contributed by atoms with van der Waals surface area (Å²) in [6.07, 6.45) is 30.4. The maximum absolute atomic E-state index is 12.7. The average Bonchev–Trinajstić information content (AvgIpc) is 2.90. The Kier molecular flexibility index (Phi) is 21.8. The first-order chi connectivity index (χ1) is 17.7. The number of esters is 2. The van der Waals surface area contributed by atoms with Gasteiger partial charge in [-0.1, -0.05) is 142 Å². The molecule has 1 aliphatic carbocycles. The maximum atomic E-state index is 12.7. The lowest BCUT2D eigenvalue weighted by Crippen LogP contribution is -2.34. The van der Waals surface area contributed by atoms with Crippen molar-refractivity contribution in [3.63, 3.8) is 0 Å². The highest BCUT2D eigenvalue weighted by Crippen LogP contribution is 2.28. The third kappa shape index (κ3) is 17.2. The number of rotatable bonds is 24. The monoisotopic (exact) mass is 506 g/mol. The number of carbonyl (C=O) groups is 2. The van der Waals surface area contributed by atoms with Crippen LogP contribution in [0.15, 0.2) is 12.2 Å². The molecule has 0 aromatic rings. The number of allylic oxidation sites excluding steroid dienone is 2. The van der Waals surface area contributed by atoms with Crippen LogP contribution in [0.3, 0.4) is 0 Å². The van der Waals surface area contributed by atoms with Crippen molar-refractivity contribution in [1.29, 1.82) is 0 Å². The molecule has 2 unspecified atom stereocenters. The van der Waals surface area contributed by atoms with Crippen molar-refractivity contribution in [2.75, 3.05) is 13.2 Å². The predicted octanol–water partition coefficient (Wildman–Crippen LogP) is 9.50. The molecule has 0 aromatic heterocycles. The Morgan fingerprint density at radius 3 is 1.08 bits per heavy atom. The Bertz CT molecular complexity index is 556. The summed E-state index contributed by atoms with van der Waals surface area (Å²) in [5, 5.41) is 0. The van der Waals surface area contributed by atoms with Crippen molar-refractivity contribution < 1.29 is 19.1 Å². The molecule has 0 spiro atoms. The maximum Gasteiger partial charge on any atom is 0.310 e. The van der Waals surface area contributed by atoms with Gasteiger partial charge in [0.2, 0.25) is 0 Å². The predicted molar refractivity (Wildman–Crippen MR) is 151 cm³/mol. The van der Waals surface area contributed by atoms with Crippen molar-refractivity contribution in [3.05, 3.63) is 12.2 Å². The minimum absolute atomic E-state index is 0.226. The first-order valence-corrected chi connectivity index (χ1v) is 15.7. The second-order valence-corrected chi connectivity index (χ2v) is 10.9. The lowest BCUT2D eigenvalue weighted by molar-refractivity contribution is -0.161. The lowest BCUT2D eigenvalue weighted by Gasteiger charge is -2.25. The van der Waals surface area contributed by atoms with E-state index in [0.717, 1.165) is 25.7 Å². The van der Waals surface area contributed by atoms with Gasteiger partial charge in [0.25, 0.3) is 0 Å². The zero-order valence-corrected chi connectivity index (χ0v) is 23.9. The standard InChI is InChI=1S/C32H58O4/c1-3-5-7-9-11-13-14-15-16-18-20-24-28-36-32(34)30-26-22-21-25-29(30)31(33)35-27-23-19-17-12-10-8-6-4-2/h21-22,29-30H,3-20,23-28H2,1-2H3. The molecule has 1 rings (SSSR count). The summed E-state index contributed by atoms with van der Waals surface area (Å²) >= 11 is 0. The van der Waals surface area contributed by atoms with Crippen LogP contribution in [0.4, 0.5) is 0 Å². The normalized spacial score (nSPS) is 17.3. The molecule has 0 aromatic carbocycles. The molecule has 2 atom stereocenters. The minimum atomic E-state index is -0.390. The number of hydrogen-bond donors (Lipinski definition) is 0. The molecule has 0 amide bonds. The van der Waals surface area contributed by atoms with Gasteiger partial charge in [0.05, 0.1) is 25.0 Å². The van der Waals surface area contributed by atoms with Gasteiger partial charge in [-0.2, -0.15) is 0 Å². The van der Waals surface area contributed by atoms with E-state index in [2.05, 4.69) is 13.8 Å². The van der Waals surface area contributed by atoms with Gasteiger partial charge in [-0.3, -0.25) is 9.59 Å². The quantitative estimate of drug-likeness (QED) is 0.0743. The van der Waals surface area contributed by atoms with E-state index in [1.54, 1.807) is 0 Å². The van der Waals surface area contributed by atoms with Crippen LogP contribution in [0.2, 0.25) is 0 Å². The average molecular weight is 507 g/mol. The van der Waals surface area contributed by atoms with E-state index in [1.807, 2.05) is 12.2 Å². The van der Waals surface area contributed by atoms with Gasteiger partial charge in [-0.05, 0) is 25.7 Å². The number of carbonyl (C=O) groups excluding carboxylic acids is 2. The lowest BCUT2D eigenvalue weighted by atomic mass is 9.83. The summed E-state index contributed by atoms with van der Waals surface area (Å²) in [6, 6.07) is 0. The minimum Gasteiger partial charge on any atom is -0.465 e. The molecule has 1 aliphatic rings. The highest BCUT2D eigenvalue weighted by Gasteiger charge is 2.36. The van der Waals surface area contributed by atoms with Crippen molar-refractivity contribution in [2.45, 2.75) is 155 Å². The molecule has 0 radical (unpaired) electrons. The van der Waals surface area contributed by atoms with Crippen LogP contribution in [-0.2, 0) is 19.1 Å². The van der Waals surface area contributed by atoms with Crippen molar-refractivity contribution >= 4 is 11.9 Å². The van der Waals surface area contributed by atoms with Gasteiger partial charge in [0, 0.05) is 0 Å². The van der Waals surface area contributed by atoms with Crippen molar-refractivity contribution in [3.8, 4) is 0 Å². The van der Waals surface area contributed by atoms with Gasteiger partial charge in [0.1, 0.15) is 0 Å². The van der Waals surface area contributed by atoms with Crippen molar-refractivity contribution in [1.82, 2.24) is 0 Å². The number of ether oxygens (including phenoxy) is 2. The van der Waals surface area contributed by atoms with Gasteiger partial charge in [-0.25, -0.2) is 0 Å². The third-order valence-electron chi connectivity index (χ3n) is 7.52. The van der Waals surface area contributed by atoms with E-state index in [1.165, 1.54) is 103 Å². The molecule has 210 valence electrons. The topological polar surface area (TPSA) is 52.6 Å². The molecule has 0 saturated carbocycles. The highest BCUT2D eigenvalue weighted by molar-refractivity contribution is 5.82. The van der Waals surface area contributed by atoms with Gasteiger partial charge in [-0.15, -0.1) is 0 Å². The Morgan fingerprint density at radius 1 is 0.500 bits per heavy atom. The summed E-state index contributed by atoms with van der Waals surface area (Å²) < 4.78 is 11.1. The highest BCUT2D eigenvalue weighted by atomic mass is 16.5. The van der Waals surface area contributed by atoms with E-state index in [9.17, 15) is 9.59 Å². The Hall–Kier alpha value is -1.32. The SMILES string of the molecule is CCCCCCCCCCCCCCOC(=O)C1CC=CCC1C(=O)OCCCCCCCCCC. The van der Waals surface area contributed by atoms with Gasteiger partial charge < -0.3 is 9.47 Å². The zero-order valence-electron chi connectivity index (χ0n) is 23.9. The molecular weight excluding hydrogens is 448 g/mol. The molecular formula is C32H58O4. The molecule has 4 heteroatoms. The molecule has 0 saturated heterocycles. The molecule has 0 bridgehead atoms. The van der Waals surface area contributed by atoms with Crippen LogP contribution in [0.25, 0.3) is 0 Å². The third-order valence-corrected chi connectivity index (χ3v) is 7.52. The summed E-state index contributed by atoms with van der Waals surface area (Å²) in [5.74, 6) is -1.23. The molecule has 0 aliphatic heterocycles. The zero-order chi connectivity index (χ0) is 26.1. The summed E-state index contributed by atoms with van der Waals surface area (Å²) in [6.45, 7) is 5.44. The van der Waals surface area contributed by atoms with Crippen LogP contribution in [-0.4, -0.2) is 25.2 Å². The molecule has 36 heavy (non-hydrogen) atoms. The summed E-state index contributed by atoms with van der Waals surface area (Å²) in [5.41, 5.74) is 0. The van der Waals surface area contributed by atoms with E-state index in [-0.39, 0.29) is 11.9 Å². The van der Waals surface area contributed by atoms with Crippen molar-refractivity contribution in [2.24, 2.45) is 11.8 Å². The fraction of sp³-hybridized carbons (Fsp3) is 0.875. The second-order valence-electron chi connectivity index (χ2n) is 10.9. The Balaban J connectivity index is 2.07. The Morgan fingerprint density at radius 2 is 0.778 bits per heavy atom. The fourth-order valence-electron chi connectivity index (χ4n) is 5.07. The van der Waals surface area contributed by atoms with E-state index >= 15 is 0 Å². The van der Waals surface area contributed by atoms with E-state index < -0.39 is 11.8 Å². The number of unbranched alkanes of at least 4 members (excludes halogenated alkanes) is 18. The number of hydrogen-bond acceptors (Lipinski definition) is 4. The molecule has 4 nitrogen and oxygen atoms in total. The molecule has 0 heterocycles. The van der Waals surface area contributed by atoms with Crippen LogP contribution < -0.4 is 0 Å². The molecule has 0 fully saturated rings. The van der Waals surface area contributed by atoms with E-state index in [0.29, 0.717) is 26.1 Å². The first kappa shape index (κ1) is 32.7. The summed E-state index contributed by atoms with van der Waals surface area (Å²) in [7, 11) is 0. The second kappa shape index (κ2) is 24.0.